The maximum atomic E-state index is 12.2. The number of fused-ring (bicyclic) bond motifs is 1. The van der Waals surface area contributed by atoms with Crippen molar-refractivity contribution in [2.45, 2.75) is 45.3 Å². The molecule has 0 aliphatic carbocycles. The molecule has 0 radical (unpaired) electrons. The molecule has 0 fully saturated rings. The van der Waals surface area contributed by atoms with E-state index in [9.17, 15) is 9.59 Å². The Morgan fingerprint density at radius 1 is 1.35 bits per heavy atom. The average Bonchev–Trinajstić information content (AvgIpc) is 2.50. The maximum absolute atomic E-state index is 12.2. The Morgan fingerprint density at radius 2 is 2.09 bits per heavy atom. The third-order valence-electron chi connectivity index (χ3n) is 3.45. The molecule has 4 N–H and O–H groups in total. The highest BCUT2D eigenvalue weighted by molar-refractivity contribution is 5.83. The minimum absolute atomic E-state index is 0.0110. The van der Waals surface area contributed by atoms with Crippen molar-refractivity contribution in [1.82, 2.24) is 16.1 Å². The summed E-state index contributed by atoms with van der Waals surface area (Å²) < 4.78 is 5.29. The van der Waals surface area contributed by atoms with Gasteiger partial charge in [0, 0.05) is 12.1 Å². The molecule has 7 nitrogen and oxygen atoms in total. The summed E-state index contributed by atoms with van der Waals surface area (Å²) in [4.78, 5) is 23.2. The smallest absolute Gasteiger partial charge is 0.281 e. The number of carbonyl (C=O) groups is 2. The minimum atomic E-state index is -0.611. The molecule has 0 aromatic heterocycles. The first kappa shape index (κ1) is 17.2. The van der Waals surface area contributed by atoms with Gasteiger partial charge in [-0.15, -0.1) is 0 Å². The summed E-state index contributed by atoms with van der Waals surface area (Å²) in [6.07, 6.45) is 0.606. The van der Waals surface area contributed by atoms with Crippen LogP contribution in [0.4, 0.5) is 0 Å². The summed E-state index contributed by atoms with van der Waals surface area (Å²) in [5, 5.41) is 14.6. The predicted molar refractivity (Wildman–Crippen MR) is 84.1 cm³/mol. The van der Waals surface area contributed by atoms with E-state index >= 15 is 0 Å². The van der Waals surface area contributed by atoms with E-state index in [-0.39, 0.29) is 24.1 Å². The lowest BCUT2D eigenvalue weighted by Gasteiger charge is -2.29. The van der Waals surface area contributed by atoms with E-state index in [4.69, 9.17) is 9.94 Å². The van der Waals surface area contributed by atoms with Crippen molar-refractivity contribution in [1.29, 1.82) is 0 Å². The number of benzene rings is 1. The van der Waals surface area contributed by atoms with E-state index in [2.05, 4.69) is 10.6 Å². The van der Waals surface area contributed by atoms with Crippen LogP contribution in [-0.4, -0.2) is 35.2 Å². The van der Waals surface area contributed by atoms with E-state index in [1.54, 1.807) is 6.07 Å². The molecule has 1 aliphatic rings. The second kappa shape index (κ2) is 6.97. The van der Waals surface area contributed by atoms with Crippen LogP contribution in [0.1, 0.15) is 31.9 Å². The highest BCUT2D eigenvalue weighted by Crippen LogP contribution is 2.22. The minimum Gasteiger partial charge on any atom is -0.484 e. The molecule has 23 heavy (non-hydrogen) atoms. The number of ether oxygens (including phenoxy) is 1. The standard InChI is InChI=1S/C16H23N3O4/c1-16(2,3)18-15(21)13-7-10-4-5-12(6-11(10)8-17-13)23-9-14(20)19-22/h4-6,13,17,22H,7-9H2,1-3H3,(H,18,21)(H,19,20)/t13-/m0/s1. The largest absolute Gasteiger partial charge is 0.484 e. The summed E-state index contributed by atoms with van der Waals surface area (Å²) in [7, 11) is 0. The van der Waals surface area contributed by atoms with Crippen LogP contribution in [0, 0.1) is 0 Å². The topological polar surface area (TPSA) is 99.7 Å². The van der Waals surface area contributed by atoms with Crippen molar-refractivity contribution in [3.8, 4) is 5.75 Å². The Hall–Kier alpha value is -2.12. The van der Waals surface area contributed by atoms with Crippen molar-refractivity contribution in [2.75, 3.05) is 6.61 Å². The molecular formula is C16H23N3O4. The lowest BCUT2D eigenvalue weighted by Crippen LogP contribution is -2.52. The molecule has 7 heteroatoms. The summed E-state index contributed by atoms with van der Waals surface area (Å²) in [6.45, 7) is 6.16. The zero-order valence-corrected chi connectivity index (χ0v) is 13.6. The first-order valence-corrected chi connectivity index (χ1v) is 7.51. The second-order valence-corrected chi connectivity index (χ2v) is 6.63. The van der Waals surface area contributed by atoms with E-state index in [1.807, 2.05) is 32.9 Å². The van der Waals surface area contributed by atoms with Crippen molar-refractivity contribution in [3.05, 3.63) is 29.3 Å². The van der Waals surface area contributed by atoms with E-state index in [0.29, 0.717) is 18.7 Å². The highest BCUT2D eigenvalue weighted by Gasteiger charge is 2.26. The summed E-state index contributed by atoms with van der Waals surface area (Å²) in [6, 6.07) is 5.24. The fourth-order valence-corrected chi connectivity index (χ4v) is 2.40. The Morgan fingerprint density at radius 3 is 2.74 bits per heavy atom. The van der Waals surface area contributed by atoms with Gasteiger partial charge in [-0.1, -0.05) is 6.07 Å². The highest BCUT2D eigenvalue weighted by atomic mass is 16.5. The first-order chi connectivity index (χ1) is 10.8. The van der Waals surface area contributed by atoms with Crippen LogP contribution in [-0.2, 0) is 22.6 Å². The number of hydroxylamine groups is 1. The molecule has 1 aromatic carbocycles. The van der Waals surface area contributed by atoms with Crippen molar-refractivity contribution in [2.24, 2.45) is 0 Å². The summed E-state index contributed by atoms with van der Waals surface area (Å²) >= 11 is 0. The van der Waals surface area contributed by atoms with Gasteiger partial charge in [0.1, 0.15) is 5.75 Å². The fraction of sp³-hybridized carbons (Fsp3) is 0.500. The third kappa shape index (κ3) is 4.94. The van der Waals surface area contributed by atoms with Gasteiger partial charge >= 0.3 is 0 Å². The Kier molecular flexibility index (Phi) is 5.23. The fourth-order valence-electron chi connectivity index (χ4n) is 2.40. The summed E-state index contributed by atoms with van der Waals surface area (Å²) in [5.41, 5.74) is 3.37. The average molecular weight is 321 g/mol. The van der Waals surface area contributed by atoms with Crippen LogP contribution >= 0.6 is 0 Å². The Bertz CT molecular complexity index is 595. The van der Waals surface area contributed by atoms with E-state index in [0.717, 1.165) is 11.1 Å². The molecule has 2 amide bonds. The third-order valence-corrected chi connectivity index (χ3v) is 3.45. The lowest BCUT2D eigenvalue weighted by molar-refractivity contribution is -0.131. The van der Waals surface area contributed by atoms with Crippen molar-refractivity contribution in [3.63, 3.8) is 0 Å². The number of hydrogen-bond donors (Lipinski definition) is 4. The molecule has 2 rings (SSSR count). The van der Waals surface area contributed by atoms with Gasteiger partial charge in [0.15, 0.2) is 6.61 Å². The van der Waals surface area contributed by atoms with Crippen LogP contribution in [0.2, 0.25) is 0 Å². The number of rotatable bonds is 4. The van der Waals surface area contributed by atoms with Crippen LogP contribution < -0.4 is 20.9 Å². The molecule has 0 unspecified atom stereocenters. The van der Waals surface area contributed by atoms with Gasteiger partial charge in [-0.3, -0.25) is 14.8 Å². The number of amides is 2. The maximum Gasteiger partial charge on any atom is 0.281 e. The van der Waals surface area contributed by atoms with Crippen LogP contribution in [0.3, 0.4) is 0 Å². The Balaban J connectivity index is 2.00. The van der Waals surface area contributed by atoms with Crippen LogP contribution in [0.5, 0.6) is 5.75 Å². The molecule has 1 heterocycles. The number of nitrogens with one attached hydrogen (secondary N) is 3. The quantitative estimate of drug-likeness (QED) is 0.478. The lowest BCUT2D eigenvalue weighted by atomic mass is 9.94. The van der Waals surface area contributed by atoms with Gasteiger partial charge in [0.25, 0.3) is 5.91 Å². The second-order valence-electron chi connectivity index (χ2n) is 6.63. The van der Waals surface area contributed by atoms with Gasteiger partial charge in [-0.2, -0.15) is 0 Å². The molecule has 0 saturated carbocycles. The van der Waals surface area contributed by atoms with Gasteiger partial charge in [0.05, 0.1) is 6.04 Å². The predicted octanol–water partition coefficient (Wildman–Crippen LogP) is 0.500. The number of carbonyl (C=O) groups excluding carboxylic acids is 2. The molecule has 1 aliphatic heterocycles. The number of hydrogen-bond acceptors (Lipinski definition) is 5. The van der Waals surface area contributed by atoms with Gasteiger partial charge in [-0.25, -0.2) is 5.48 Å². The van der Waals surface area contributed by atoms with E-state index in [1.165, 1.54) is 5.48 Å². The van der Waals surface area contributed by atoms with Gasteiger partial charge in [0.2, 0.25) is 5.91 Å². The SMILES string of the molecule is CC(C)(C)NC(=O)[C@@H]1Cc2ccc(OCC(=O)NO)cc2CN1. The molecule has 126 valence electrons. The molecule has 0 bridgehead atoms. The van der Waals surface area contributed by atoms with Gasteiger partial charge in [-0.05, 0) is 50.5 Å². The Labute approximate surface area is 135 Å². The van der Waals surface area contributed by atoms with Crippen LogP contribution in [0.25, 0.3) is 0 Å². The van der Waals surface area contributed by atoms with Gasteiger partial charge < -0.3 is 15.4 Å². The van der Waals surface area contributed by atoms with E-state index < -0.39 is 5.91 Å². The van der Waals surface area contributed by atoms with Crippen molar-refractivity contribution < 1.29 is 19.5 Å². The zero-order chi connectivity index (χ0) is 17.0. The van der Waals surface area contributed by atoms with Crippen LogP contribution in [0.15, 0.2) is 18.2 Å². The first-order valence-electron chi connectivity index (χ1n) is 7.51. The monoisotopic (exact) mass is 321 g/mol. The molecule has 0 spiro atoms. The zero-order valence-electron chi connectivity index (χ0n) is 13.6. The molecule has 1 atom stereocenters. The molecular weight excluding hydrogens is 298 g/mol. The van der Waals surface area contributed by atoms with Crippen molar-refractivity contribution >= 4 is 11.8 Å². The normalized spacial score (nSPS) is 17.1. The molecule has 0 saturated heterocycles. The molecule has 1 aromatic rings. The summed E-state index contributed by atoms with van der Waals surface area (Å²) in [5.74, 6) is -0.0744.